The van der Waals surface area contributed by atoms with Crippen molar-refractivity contribution < 1.29 is 26.7 Å². The van der Waals surface area contributed by atoms with Crippen LogP contribution in [0.2, 0.25) is 0 Å². The van der Waals surface area contributed by atoms with Crippen LogP contribution in [0.1, 0.15) is 13.3 Å². The molecule has 0 aliphatic carbocycles. The Balaban J connectivity index is 3.70. The van der Waals surface area contributed by atoms with Crippen molar-refractivity contribution in [1.29, 1.82) is 0 Å². The van der Waals surface area contributed by atoms with Crippen LogP contribution < -0.4 is 0 Å². The lowest BCUT2D eigenvalue weighted by molar-refractivity contribution is -0.138. The summed E-state index contributed by atoms with van der Waals surface area (Å²) in [5.41, 5.74) is 0. The summed E-state index contributed by atoms with van der Waals surface area (Å²) in [4.78, 5) is 10.5. The maximum absolute atomic E-state index is 10.5. The highest BCUT2D eigenvalue weighted by Gasteiger charge is 2.12. The van der Waals surface area contributed by atoms with Gasteiger partial charge in [0.25, 0.3) is 0 Å². The lowest BCUT2D eigenvalue weighted by Gasteiger charge is -2.09. The number of esters is 1. The number of rotatable bonds is 6. The standard InChI is InChI=1S/C7H12O6S/c1-3-7(8)12-5-4-6(2)13-14(9,10)11/h3,6H,1,4-5H2,2H3,(H,9,10,11). The summed E-state index contributed by atoms with van der Waals surface area (Å²) < 4.78 is 37.4. The van der Waals surface area contributed by atoms with Crippen molar-refractivity contribution in [1.82, 2.24) is 0 Å². The van der Waals surface area contributed by atoms with Gasteiger partial charge < -0.3 is 4.74 Å². The Hall–Kier alpha value is -0.920. The molecule has 0 rings (SSSR count). The van der Waals surface area contributed by atoms with Crippen molar-refractivity contribution in [2.75, 3.05) is 6.61 Å². The van der Waals surface area contributed by atoms with Gasteiger partial charge in [-0.1, -0.05) is 6.58 Å². The smallest absolute Gasteiger partial charge is 0.397 e. The number of ether oxygens (including phenoxy) is 1. The molecular formula is C7H12O6S. The summed E-state index contributed by atoms with van der Waals surface area (Å²) in [5, 5.41) is 0. The summed E-state index contributed by atoms with van der Waals surface area (Å²) in [6.07, 6.45) is 0.413. The number of carbonyl (C=O) groups is 1. The number of hydrogen-bond acceptors (Lipinski definition) is 5. The first-order valence-electron chi connectivity index (χ1n) is 3.80. The van der Waals surface area contributed by atoms with Crippen LogP contribution in [-0.2, 0) is 24.1 Å². The minimum absolute atomic E-state index is 0.00153. The third-order valence-electron chi connectivity index (χ3n) is 1.22. The molecule has 14 heavy (non-hydrogen) atoms. The lowest BCUT2D eigenvalue weighted by atomic mass is 10.3. The van der Waals surface area contributed by atoms with Crippen LogP contribution >= 0.6 is 0 Å². The van der Waals surface area contributed by atoms with E-state index in [4.69, 9.17) is 4.55 Å². The van der Waals surface area contributed by atoms with E-state index in [1.807, 2.05) is 0 Å². The molecule has 0 aromatic heterocycles. The molecule has 0 saturated heterocycles. The molecule has 0 amide bonds. The van der Waals surface area contributed by atoms with Crippen molar-refractivity contribution in [3.05, 3.63) is 12.7 Å². The second-order valence-corrected chi connectivity index (χ2v) is 3.54. The van der Waals surface area contributed by atoms with Crippen LogP contribution in [-0.4, -0.2) is 31.7 Å². The molecule has 0 saturated carbocycles. The van der Waals surface area contributed by atoms with Gasteiger partial charge in [-0.3, -0.25) is 4.55 Å². The van der Waals surface area contributed by atoms with E-state index < -0.39 is 22.5 Å². The first-order valence-corrected chi connectivity index (χ1v) is 5.16. The van der Waals surface area contributed by atoms with Gasteiger partial charge in [-0.05, 0) is 6.92 Å². The highest BCUT2D eigenvalue weighted by Crippen LogP contribution is 2.01. The monoisotopic (exact) mass is 224 g/mol. The molecule has 0 aliphatic rings. The average Bonchev–Trinajstić information content (AvgIpc) is 2.00. The van der Waals surface area contributed by atoms with Crippen LogP contribution in [0.5, 0.6) is 0 Å². The Kier molecular flexibility index (Phi) is 5.36. The summed E-state index contributed by atoms with van der Waals surface area (Å²) in [6, 6.07) is 0. The Morgan fingerprint density at radius 1 is 1.64 bits per heavy atom. The first-order chi connectivity index (χ1) is 6.35. The lowest BCUT2D eigenvalue weighted by Crippen LogP contribution is -2.17. The van der Waals surface area contributed by atoms with E-state index >= 15 is 0 Å². The van der Waals surface area contributed by atoms with E-state index in [0.717, 1.165) is 6.08 Å². The molecule has 0 radical (unpaired) electrons. The van der Waals surface area contributed by atoms with Gasteiger partial charge in [0, 0.05) is 12.5 Å². The topological polar surface area (TPSA) is 89.9 Å². The van der Waals surface area contributed by atoms with E-state index in [2.05, 4.69) is 15.5 Å². The van der Waals surface area contributed by atoms with Crippen molar-refractivity contribution in [3.8, 4) is 0 Å². The summed E-state index contributed by atoms with van der Waals surface area (Å²) >= 11 is 0. The second kappa shape index (κ2) is 5.74. The molecule has 82 valence electrons. The third-order valence-corrected chi connectivity index (χ3v) is 1.79. The summed E-state index contributed by atoms with van der Waals surface area (Å²) in [5.74, 6) is -0.593. The minimum atomic E-state index is -4.44. The van der Waals surface area contributed by atoms with Gasteiger partial charge in [0.2, 0.25) is 0 Å². The van der Waals surface area contributed by atoms with Gasteiger partial charge in [0.05, 0.1) is 12.7 Å². The molecule has 6 nitrogen and oxygen atoms in total. The molecule has 0 heterocycles. The largest absolute Gasteiger partial charge is 0.462 e. The maximum Gasteiger partial charge on any atom is 0.397 e. The molecule has 0 spiro atoms. The molecule has 0 fully saturated rings. The molecule has 1 N–H and O–H groups in total. The van der Waals surface area contributed by atoms with Crippen LogP contribution in [0, 0.1) is 0 Å². The van der Waals surface area contributed by atoms with E-state index in [1.165, 1.54) is 6.92 Å². The zero-order chi connectivity index (χ0) is 11.2. The van der Waals surface area contributed by atoms with Crippen molar-refractivity contribution in [2.24, 2.45) is 0 Å². The summed E-state index contributed by atoms with van der Waals surface area (Å²) in [7, 11) is -4.44. The zero-order valence-corrected chi connectivity index (χ0v) is 8.49. The molecular weight excluding hydrogens is 212 g/mol. The molecule has 0 aliphatic heterocycles. The SMILES string of the molecule is C=CC(=O)OCCC(C)OS(=O)(=O)O. The Bertz CT molecular complexity index is 293. The van der Waals surface area contributed by atoms with Gasteiger partial charge in [-0.15, -0.1) is 0 Å². The van der Waals surface area contributed by atoms with E-state index in [-0.39, 0.29) is 13.0 Å². The highest BCUT2D eigenvalue weighted by molar-refractivity contribution is 7.80. The van der Waals surface area contributed by atoms with Crippen molar-refractivity contribution in [3.63, 3.8) is 0 Å². The average molecular weight is 224 g/mol. The van der Waals surface area contributed by atoms with Crippen LogP contribution in [0.3, 0.4) is 0 Å². The molecule has 1 atom stereocenters. The van der Waals surface area contributed by atoms with E-state index in [0.29, 0.717) is 0 Å². The first kappa shape index (κ1) is 13.1. The summed E-state index contributed by atoms with van der Waals surface area (Å²) in [6.45, 7) is 4.60. The van der Waals surface area contributed by atoms with E-state index in [1.54, 1.807) is 0 Å². The van der Waals surface area contributed by atoms with Gasteiger partial charge in [-0.25, -0.2) is 8.98 Å². The van der Waals surface area contributed by atoms with Crippen molar-refractivity contribution in [2.45, 2.75) is 19.4 Å². The van der Waals surface area contributed by atoms with Gasteiger partial charge in [0.1, 0.15) is 0 Å². The van der Waals surface area contributed by atoms with Gasteiger partial charge >= 0.3 is 16.4 Å². The quantitative estimate of drug-likeness (QED) is 0.397. The second-order valence-electron chi connectivity index (χ2n) is 2.49. The number of carbonyl (C=O) groups excluding carboxylic acids is 1. The normalized spacial score (nSPS) is 13.3. The van der Waals surface area contributed by atoms with Crippen LogP contribution in [0.25, 0.3) is 0 Å². The van der Waals surface area contributed by atoms with Crippen LogP contribution in [0.15, 0.2) is 12.7 Å². The van der Waals surface area contributed by atoms with Gasteiger partial charge in [-0.2, -0.15) is 8.42 Å². The van der Waals surface area contributed by atoms with Gasteiger partial charge in [0.15, 0.2) is 0 Å². The molecule has 0 aromatic carbocycles. The molecule has 7 heteroatoms. The van der Waals surface area contributed by atoms with Crippen LogP contribution in [0.4, 0.5) is 0 Å². The van der Waals surface area contributed by atoms with Crippen molar-refractivity contribution >= 4 is 16.4 Å². The molecule has 0 aromatic rings. The Morgan fingerprint density at radius 2 is 2.21 bits per heavy atom. The minimum Gasteiger partial charge on any atom is -0.462 e. The molecule has 1 unspecified atom stereocenters. The highest BCUT2D eigenvalue weighted by atomic mass is 32.3. The fraction of sp³-hybridized carbons (Fsp3) is 0.571. The number of hydrogen-bond donors (Lipinski definition) is 1. The maximum atomic E-state index is 10.5. The Labute approximate surface area is 82.5 Å². The zero-order valence-electron chi connectivity index (χ0n) is 7.67. The Morgan fingerprint density at radius 3 is 2.64 bits per heavy atom. The third kappa shape index (κ3) is 7.71. The van der Waals surface area contributed by atoms with E-state index in [9.17, 15) is 13.2 Å². The fourth-order valence-electron chi connectivity index (χ4n) is 0.640. The predicted octanol–water partition coefficient (Wildman–Crippen LogP) is 0.314. The predicted molar refractivity (Wildman–Crippen MR) is 47.9 cm³/mol. The fourth-order valence-corrected chi connectivity index (χ4v) is 1.15. The molecule has 0 bridgehead atoms.